The first-order chi connectivity index (χ1) is 9.76. The molecule has 4 atom stereocenters. The van der Waals surface area contributed by atoms with Gasteiger partial charge >= 0.3 is 0 Å². The second-order valence-electron chi connectivity index (χ2n) is 6.22. The van der Waals surface area contributed by atoms with Gasteiger partial charge in [-0.3, -0.25) is 0 Å². The van der Waals surface area contributed by atoms with E-state index in [4.69, 9.17) is 9.47 Å². The average Bonchev–Trinajstić information content (AvgIpc) is 3.11. The minimum Gasteiger partial charge on any atom is -0.493 e. The van der Waals surface area contributed by atoms with Gasteiger partial charge in [-0.1, -0.05) is 12.5 Å². The second-order valence-corrected chi connectivity index (χ2v) is 6.22. The third-order valence-corrected chi connectivity index (χ3v) is 5.30. The number of fused-ring (bicyclic) bond motifs is 2. The van der Waals surface area contributed by atoms with Crippen LogP contribution in [0.4, 0.5) is 0 Å². The van der Waals surface area contributed by atoms with E-state index in [-0.39, 0.29) is 0 Å². The highest BCUT2D eigenvalue weighted by molar-refractivity contribution is 5.44. The molecule has 2 saturated carbocycles. The van der Waals surface area contributed by atoms with Gasteiger partial charge in [-0.05, 0) is 61.8 Å². The third-order valence-electron chi connectivity index (χ3n) is 5.30. The summed E-state index contributed by atoms with van der Waals surface area (Å²) >= 11 is 0. The van der Waals surface area contributed by atoms with E-state index in [1.807, 2.05) is 6.07 Å². The molecule has 0 radical (unpaired) electrons. The highest BCUT2D eigenvalue weighted by Crippen LogP contribution is 2.52. The molecule has 0 spiro atoms. The van der Waals surface area contributed by atoms with Gasteiger partial charge in [0.15, 0.2) is 11.5 Å². The number of rotatable bonds is 5. The first-order valence-corrected chi connectivity index (χ1v) is 7.66. The number of benzene rings is 1. The van der Waals surface area contributed by atoms with Crippen molar-refractivity contribution in [3.63, 3.8) is 0 Å². The van der Waals surface area contributed by atoms with Crippen LogP contribution in [0.25, 0.3) is 0 Å². The van der Waals surface area contributed by atoms with Crippen LogP contribution >= 0.6 is 0 Å². The fourth-order valence-corrected chi connectivity index (χ4v) is 4.38. The van der Waals surface area contributed by atoms with Crippen molar-refractivity contribution in [2.24, 2.45) is 17.8 Å². The van der Waals surface area contributed by atoms with Crippen LogP contribution in [0.2, 0.25) is 0 Å². The minimum absolute atomic E-state index is 0.435. The van der Waals surface area contributed by atoms with Gasteiger partial charge in [-0.2, -0.15) is 0 Å². The largest absolute Gasteiger partial charge is 0.493 e. The molecule has 2 aliphatic rings. The van der Waals surface area contributed by atoms with Crippen molar-refractivity contribution in [3.05, 3.63) is 23.8 Å². The van der Waals surface area contributed by atoms with Gasteiger partial charge in [0.05, 0.1) is 14.2 Å². The van der Waals surface area contributed by atoms with Gasteiger partial charge in [0, 0.05) is 6.04 Å². The van der Waals surface area contributed by atoms with E-state index in [9.17, 15) is 0 Å². The highest BCUT2D eigenvalue weighted by Gasteiger charge is 2.43. The van der Waals surface area contributed by atoms with Gasteiger partial charge in [-0.25, -0.2) is 0 Å². The van der Waals surface area contributed by atoms with E-state index in [2.05, 4.69) is 24.5 Å². The molecule has 110 valence electrons. The first-order valence-electron chi connectivity index (χ1n) is 7.66. The lowest BCUT2D eigenvalue weighted by atomic mass is 9.80. The molecule has 0 aliphatic heterocycles. The average molecular weight is 275 g/mol. The number of hydrogen-bond donors (Lipinski definition) is 1. The Morgan fingerprint density at radius 2 is 1.90 bits per heavy atom. The number of nitrogens with one attached hydrogen (secondary N) is 1. The Balaban J connectivity index is 1.86. The first kappa shape index (κ1) is 13.7. The number of ether oxygens (including phenoxy) is 2. The van der Waals surface area contributed by atoms with Gasteiger partial charge in [0.2, 0.25) is 0 Å². The maximum Gasteiger partial charge on any atom is 0.161 e. The zero-order valence-electron chi connectivity index (χ0n) is 12.7. The smallest absolute Gasteiger partial charge is 0.161 e. The van der Waals surface area contributed by atoms with Crippen molar-refractivity contribution in [2.45, 2.75) is 31.7 Å². The maximum absolute atomic E-state index is 5.44. The molecule has 1 aromatic carbocycles. The lowest BCUT2D eigenvalue weighted by Gasteiger charge is -2.31. The van der Waals surface area contributed by atoms with E-state index in [1.54, 1.807) is 14.2 Å². The lowest BCUT2D eigenvalue weighted by Crippen LogP contribution is -2.29. The van der Waals surface area contributed by atoms with Crippen molar-refractivity contribution < 1.29 is 9.47 Å². The molecular weight excluding hydrogens is 250 g/mol. The lowest BCUT2D eigenvalue weighted by molar-refractivity contribution is 0.258. The van der Waals surface area contributed by atoms with Gasteiger partial charge < -0.3 is 14.8 Å². The summed E-state index contributed by atoms with van der Waals surface area (Å²) in [4.78, 5) is 0. The fourth-order valence-electron chi connectivity index (χ4n) is 4.38. The molecule has 1 N–H and O–H groups in total. The van der Waals surface area contributed by atoms with Crippen molar-refractivity contribution in [3.8, 4) is 11.5 Å². The van der Waals surface area contributed by atoms with Crippen LogP contribution in [0.3, 0.4) is 0 Å². The van der Waals surface area contributed by atoms with Gasteiger partial charge in [0.25, 0.3) is 0 Å². The molecular formula is C17H25NO2. The van der Waals surface area contributed by atoms with E-state index >= 15 is 0 Å². The van der Waals surface area contributed by atoms with Crippen LogP contribution in [0.1, 0.15) is 37.3 Å². The van der Waals surface area contributed by atoms with Crippen molar-refractivity contribution in [2.75, 3.05) is 21.3 Å². The van der Waals surface area contributed by atoms with E-state index in [1.165, 1.54) is 31.2 Å². The number of hydrogen-bond acceptors (Lipinski definition) is 3. The molecule has 1 aromatic rings. The SMILES string of the molecule is CNC(c1ccc(OC)c(OC)c1)C1CC2CCC1C2. The maximum atomic E-state index is 5.44. The molecule has 0 aromatic heterocycles. The summed E-state index contributed by atoms with van der Waals surface area (Å²) in [7, 11) is 5.46. The van der Waals surface area contributed by atoms with Gasteiger partial charge in [-0.15, -0.1) is 0 Å². The van der Waals surface area contributed by atoms with E-state index < -0.39 is 0 Å². The third kappa shape index (κ3) is 2.28. The normalized spacial score (nSPS) is 29.4. The Bertz CT molecular complexity index is 474. The zero-order chi connectivity index (χ0) is 14.1. The van der Waals surface area contributed by atoms with Crippen molar-refractivity contribution >= 4 is 0 Å². The molecule has 3 heteroatoms. The predicted octanol–water partition coefficient (Wildman–Crippen LogP) is 3.40. The van der Waals surface area contributed by atoms with Gasteiger partial charge in [0.1, 0.15) is 0 Å². The van der Waals surface area contributed by atoms with E-state index in [0.29, 0.717) is 6.04 Å². The topological polar surface area (TPSA) is 30.5 Å². The minimum atomic E-state index is 0.435. The highest BCUT2D eigenvalue weighted by atomic mass is 16.5. The molecule has 2 bridgehead atoms. The van der Waals surface area contributed by atoms with Crippen LogP contribution in [0, 0.1) is 17.8 Å². The molecule has 4 unspecified atom stereocenters. The molecule has 2 fully saturated rings. The van der Waals surface area contributed by atoms with Crippen LogP contribution in [-0.4, -0.2) is 21.3 Å². The monoisotopic (exact) mass is 275 g/mol. The number of methoxy groups -OCH3 is 2. The van der Waals surface area contributed by atoms with Crippen LogP contribution < -0.4 is 14.8 Å². The molecule has 3 nitrogen and oxygen atoms in total. The summed E-state index contributed by atoms with van der Waals surface area (Å²) in [6.45, 7) is 0. The summed E-state index contributed by atoms with van der Waals surface area (Å²) < 4.78 is 10.8. The standard InChI is InChI=1S/C17H25NO2/c1-18-17(14-9-11-4-5-12(14)8-11)13-6-7-15(19-2)16(10-13)20-3/h6-7,10-12,14,17-18H,4-5,8-9H2,1-3H3. The second kappa shape index (κ2) is 5.65. The summed E-state index contributed by atoms with van der Waals surface area (Å²) in [6, 6.07) is 6.76. The molecule has 3 rings (SSSR count). The molecule has 2 aliphatic carbocycles. The zero-order valence-corrected chi connectivity index (χ0v) is 12.7. The summed E-state index contributed by atoms with van der Waals surface area (Å²) in [5.74, 6) is 4.29. The van der Waals surface area contributed by atoms with Crippen molar-refractivity contribution in [1.82, 2.24) is 5.32 Å². The molecule has 0 amide bonds. The summed E-state index contributed by atoms with van der Waals surface area (Å²) in [5.41, 5.74) is 1.32. The molecule has 0 heterocycles. The fraction of sp³-hybridized carbons (Fsp3) is 0.647. The Hall–Kier alpha value is -1.22. The Labute approximate surface area is 121 Å². The van der Waals surface area contributed by atoms with E-state index in [0.717, 1.165) is 29.3 Å². The molecule has 20 heavy (non-hydrogen) atoms. The van der Waals surface area contributed by atoms with Crippen LogP contribution in [0.15, 0.2) is 18.2 Å². The summed E-state index contributed by atoms with van der Waals surface area (Å²) in [5, 5.41) is 3.54. The van der Waals surface area contributed by atoms with Crippen molar-refractivity contribution in [1.29, 1.82) is 0 Å². The summed E-state index contributed by atoms with van der Waals surface area (Å²) in [6.07, 6.45) is 5.69. The predicted molar refractivity (Wildman–Crippen MR) is 80.3 cm³/mol. The van der Waals surface area contributed by atoms with Crippen LogP contribution in [-0.2, 0) is 0 Å². The van der Waals surface area contributed by atoms with Crippen LogP contribution in [0.5, 0.6) is 11.5 Å². The Kier molecular flexibility index (Phi) is 3.88. The quantitative estimate of drug-likeness (QED) is 0.893. The Morgan fingerprint density at radius 3 is 2.45 bits per heavy atom. The molecule has 0 saturated heterocycles. The Morgan fingerprint density at radius 1 is 1.10 bits per heavy atom.